The molecule has 0 aromatic carbocycles. The monoisotopic (exact) mass is 271 g/mol. The van der Waals surface area contributed by atoms with Gasteiger partial charge in [0.2, 0.25) is 10.0 Å². The Hall–Kier alpha value is -0.990. The number of nitrogens with zero attached hydrogens (tertiary/aromatic N) is 4. The van der Waals surface area contributed by atoms with Gasteiger partial charge in [0, 0.05) is 19.6 Å². The molecule has 0 saturated carbocycles. The largest absolute Gasteiger partial charge is 0.315 e. The molecule has 0 radical (unpaired) electrons. The van der Waals surface area contributed by atoms with E-state index in [1.165, 1.54) is 0 Å². The van der Waals surface area contributed by atoms with Gasteiger partial charge in [0.25, 0.3) is 0 Å². The zero-order valence-corrected chi connectivity index (χ0v) is 10.9. The van der Waals surface area contributed by atoms with Crippen molar-refractivity contribution in [2.75, 3.05) is 19.6 Å². The van der Waals surface area contributed by atoms with Crippen molar-refractivity contribution in [2.24, 2.45) is 0 Å². The van der Waals surface area contributed by atoms with Crippen LogP contribution in [0.3, 0.4) is 0 Å². The van der Waals surface area contributed by atoms with Crippen molar-refractivity contribution >= 4 is 10.0 Å². The molecular formula is C10H17N5O2S. The third-order valence-electron chi connectivity index (χ3n) is 3.64. The zero-order chi connectivity index (χ0) is 12.6. The average Bonchev–Trinajstić information content (AvgIpc) is 2.87. The molecule has 3 heterocycles. The Balaban J connectivity index is 1.78. The van der Waals surface area contributed by atoms with E-state index in [4.69, 9.17) is 0 Å². The molecule has 0 spiro atoms. The second-order valence-corrected chi connectivity index (χ2v) is 7.00. The van der Waals surface area contributed by atoms with Crippen LogP contribution in [0, 0.1) is 0 Å². The van der Waals surface area contributed by atoms with Crippen LogP contribution in [0.4, 0.5) is 0 Å². The molecule has 2 aliphatic rings. The third-order valence-corrected chi connectivity index (χ3v) is 5.91. The van der Waals surface area contributed by atoms with Crippen LogP contribution in [0.5, 0.6) is 0 Å². The van der Waals surface area contributed by atoms with Crippen molar-refractivity contribution in [1.82, 2.24) is 24.4 Å². The molecule has 0 amide bonds. The summed E-state index contributed by atoms with van der Waals surface area (Å²) in [7, 11) is -3.22. The molecule has 1 saturated heterocycles. The molecule has 18 heavy (non-hydrogen) atoms. The number of sulfonamides is 1. The molecule has 3 rings (SSSR count). The molecule has 2 aliphatic heterocycles. The van der Waals surface area contributed by atoms with E-state index in [0.29, 0.717) is 26.2 Å². The van der Waals surface area contributed by atoms with Crippen LogP contribution in [0.15, 0.2) is 6.33 Å². The lowest BCUT2D eigenvalue weighted by Crippen LogP contribution is -2.48. The summed E-state index contributed by atoms with van der Waals surface area (Å²) >= 11 is 0. The predicted molar refractivity (Wildman–Crippen MR) is 65.2 cm³/mol. The summed E-state index contributed by atoms with van der Waals surface area (Å²) in [6.45, 7) is 2.98. The predicted octanol–water partition coefficient (Wildman–Crippen LogP) is -0.824. The molecule has 1 atom stereocenters. The summed E-state index contributed by atoms with van der Waals surface area (Å²) in [5, 5.41) is 10.6. The highest BCUT2D eigenvalue weighted by Crippen LogP contribution is 2.20. The average molecular weight is 271 g/mol. The highest BCUT2D eigenvalue weighted by atomic mass is 32.2. The molecule has 8 heteroatoms. The molecule has 0 bridgehead atoms. The summed E-state index contributed by atoms with van der Waals surface area (Å²) in [6.07, 6.45) is 3.33. The number of fused-ring (bicyclic) bond motifs is 1. The lowest BCUT2D eigenvalue weighted by molar-refractivity contribution is 0.326. The normalized spacial score (nSPS) is 25.9. The first-order valence-electron chi connectivity index (χ1n) is 6.24. The number of hydrogen-bond acceptors (Lipinski definition) is 5. The minimum atomic E-state index is -3.22. The van der Waals surface area contributed by atoms with Crippen LogP contribution in [0.2, 0.25) is 0 Å². The number of piperidine rings is 1. The van der Waals surface area contributed by atoms with E-state index in [-0.39, 0.29) is 5.25 Å². The van der Waals surface area contributed by atoms with E-state index in [2.05, 4.69) is 15.5 Å². The maximum absolute atomic E-state index is 12.5. The molecule has 1 N–H and O–H groups in total. The first-order chi connectivity index (χ1) is 8.68. The Morgan fingerprint density at radius 3 is 3.06 bits per heavy atom. The molecule has 7 nitrogen and oxygen atoms in total. The molecule has 100 valence electrons. The van der Waals surface area contributed by atoms with Gasteiger partial charge in [0.15, 0.2) is 0 Å². The summed E-state index contributed by atoms with van der Waals surface area (Å²) in [5.74, 6) is 0.730. The van der Waals surface area contributed by atoms with Crippen LogP contribution in [0.1, 0.15) is 18.7 Å². The van der Waals surface area contributed by atoms with Crippen molar-refractivity contribution in [2.45, 2.75) is 31.2 Å². The number of aromatic nitrogens is 3. The highest BCUT2D eigenvalue weighted by Gasteiger charge is 2.35. The fourth-order valence-electron chi connectivity index (χ4n) is 2.55. The zero-order valence-electron chi connectivity index (χ0n) is 10.1. The Kier molecular flexibility index (Phi) is 3.08. The number of hydrogen-bond donors (Lipinski definition) is 1. The van der Waals surface area contributed by atoms with Gasteiger partial charge < -0.3 is 9.88 Å². The van der Waals surface area contributed by atoms with Crippen LogP contribution in [-0.4, -0.2) is 52.4 Å². The first-order valence-corrected chi connectivity index (χ1v) is 7.74. The van der Waals surface area contributed by atoms with Crippen molar-refractivity contribution in [3.05, 3.63) is 12.2 Å². The summed E-state index contributed by atoms with van der Waals surface area (Å²) in [5.41, 5.74) is 0. The standard InChI is InChI=1S/C10H17N5O2S/c16-18(17,9-2-1-3-11-6-9)15-5-4-14-8-12-13-10(14)7-15/h8-9,11H,1-7H2. The lowest BCUT2D eigenvalue weighted by atomic mass is 10.2. The fraction of sp³-hybridized carbons (Fsp3) is 0.800. The maximum Gasteiger partial charge on any atom is 0.218 e. The maximum atomic E-state index is 12.5. The van der Waals surface area contributed by atoms with Crippen molar-refractivity contribution in [1.29, 1.82) is 0 Å². The van der Waals surface area contributed by atoms with Gasteiger partial charge in [-0.3, -0.25) is 0 Å². The van der Waals surface area contributed by atoms with E-state index in [1.54, 1.807) is 10.6 Å². The van der Waals surface area contributed by atoms with Gasteiger partial charge in [-0.25, -0.2) is 8.42 Å². The minimum Gasteiger partial charge on any atom is -0.315 e. The Morgan fingerprint density at radius 1 is 1.39 bits per heavy atom. The fourth-order valence-corrected chi connectivity index (χ4v) is 4.39. The van der Waals surface area contributed by atoms with E-state index < -0.39 is 10.0 Å². The van der Waals surface area contributed by atoms with Gasteiger partial charge in [0.1, 0.15) is 12.2 Å². The Morgan fingerprint density at radius 2 is 2.28 bits per heavy atom. The van der Waals surface area contributed by atoms with Crippen molar-refractivity contribution < 1.29 is 8.42 Å². The van der Waals surface area contributed by atoms with E-state index in [9.17, 15) is 8.42 Å². The highest BCUT2D eigenvalue weighted by molar-refractivity contribution is 7.89. The topological polar surface area (TPSA) is 80.1 Å². The molecule has 0 aliphatic carbocycles. The minimum absolute atomic E-state index is 0.291. The van der Waals surface area contributed by atoms with Gasteiger partial charge in [-0.05, 0) is 19.4 Å². The summed E-state index contributed by atoms with van der Waals surface area (Å²) in [6, 6.07) is 0. The molecule has 1 aromatic heterocycles. The van der Waals surface area contributed by atoms with Crippen molar-refractivity contribution in [3.8, 4) is 0 Å². The third kappa shape index (κ3) is 2.04. The second kappa shape index (κ2) is 4.60. The van der Waals surface area contributed by atoms with Gasteiger partial charge in [-0.2, -0.15) is 4.31 Å². The van der Waals surface area contributed by atoms with Crippen LogP contribution in [0.25, 0.3) is 0 Å². The van der Waals surface area contributed by atoms with Crippen LogP contribution >= 0.6 is 0 Å². The van der Waals surface area contributed by atoms with Crippen LogP contribution in [-0.2, 0) is 23.1 Å². The SMILES string of the molecule is O=S(=O)(C1CCCNC1)N1CCn2cnnc2C1. The van der Waals surface area contributed by atoms with Crippen molar-refractivity contribution in [3.63, 3.8) is 0 Å². The second-order valence-electron chi connectivity index (χ2n) is 4.79. The molecule has 1 fully saturated rings. The van der Waals surface area contributed by atoms with Crippen LogP contribution < -0.4 is 5.32 Å². The van der Waals surface area contributed by atoms with E-state index in [1.807, 2.05) is 4.57 Å². The van der Waals surface area contributed by atoms with Gasteiger partial charge in [-0.15, -0.1) is 10.2 Å². The van der Waals surface area contributed by atoms with E-state index >= 15 is 0 Å². The molecule has 1 unspecified atom stereocenters. The number of nitrogens with one attached hydrogen (secondary N) is 1. The quantitative estimate of drug-likeness (QED) is 0.760. The lowest BCUT2D eigenvalue weighted by Gasteiger charge is -2.32. The molecule has 1 aromatic rings. The van der Waals surface area contributed by atoms with Gasteiger partial charge >= 0.3 is 0 Å². The summed E-state index contributed by atoms with van der Waals surface area (Å²) in [4.78, 5) is 0. The van der Waals surface area contributed by atoms with Gasteiger partial charge in [-0.1, -0.05) is 0 Å². The first kappa shape index (κ1) is 12.1. The smallest absolute Gasteiger partial charge is 0.218 e. The molecular weight excluding hydrogens is 254 g/mol. The summed E-state index contributed by atoms with van der Waals surface area (Å²) < 4.78 is 28.5. The Bertz CT molecular complexity index is 520. The number of rotatable bonds is 2. The Labute approximate surface area is 106 Å². The van der Waals surface area contributed by atoms with E-state index in [0.717, 1.165) is 25.2 Å². The van der Waals surface area contributed by atoms with Gasteiger partial charge in [0.05, 0.1) is 11.8 Å².